The Morgan fingerprint density at radius 3 is 2.62 bits per heavy atom. The second kappa shape index (κ2) is 7.09. The lowest BCUT2D eigenvalue weighted by Gasteiger charge is -2.07. The van der Waals surface area contributed by atoms with Gasteiger partial charge in [0.05, 0.1) is 18.3 Å². The number of carbonyl (C=O) groups excluding carboxylic acids is 1. The average molecular weight is 330 g/mol. The Labute approximate surface area is 128 Å². The molecule has 0 radical (unpaired) electrons. The zero-order chi connectivity index (χ0) is 15.2. The van der Waals surface area contributed by atoms with Crippen LogP contribution in [0.1, 0.15) is 0 Å². The Morgan fingerprint density at radius 2 is 2.05 bits per heavy atom. The largest absolute Gasteiger partial charge is 0.497 e. The van der Waals surface area contributed by atoms with Gasteiger partial charge in [-0.1, -0.05) is 11.6 Å². The summed E-state index contributed by atoms with van der Waals surface area (Å²) in [6.45, 7) is -0.107. The van der Waals surface area contributed by atoms with Gasteiger partial charge in [-0.3, -0.25) is 9.48 Å². The number of aromatic nitrogens is 2. The topological polar surface area (TPSA) is 82.5 Å². The first kappa shape index (κ1) is 15.3. The Hall–Kier alpha value is -2.06. The molecule has 1 amide bonds. The number of hydrogen-bond acceptors (Lipinski definition) is 5. The Balaban J connectivity index is 1.84. The maximum atomic E-state index is 11.6. The van der Waals surface area contributed by atoms with E-state index in [4.69, 9.17) is 20.5 Å². The second-order valence-electron chi connectivity index (χ2n) is 3.87. The van der Waals surface area contributed by atoms with Gasteiger partial charge >= 0.3 is 11.3 Å². The van der Waals surface area contributed by atoms with Crippen molar-refractivity contribution in [1.82, 2.24) is 14.5 Å². The minimum Gasteiger partial charge on any atom is -0.497 e. The second-order valence-corrected chi connectivity index (χ2v) is 5.15. The van der Waals surface area contributed by atoms with Gasteiger partial charge in [0, 0.05) is 6.20 Å². The molecule has 1 N–H and O–H groups in total. The molecule has 9 heteroatoms. The summed E-state index contributed by atoms with van der Waals surface area (Å²) in [6.07, 6.45) is 2.88. The summed E-state index contributed by atoms with van der Waals surface area (Å²) in [4.78, 5) is 11.6. The molecule has 1 atom stereocenters. The number of carbonyl (C=O) groups is 1. The van der Waals surface area contributed by atoms with E-state index in [2.05, 4.69) is 9.82 Å². The molecule has 2 aromatic rings. The predicted octanol–water partition coefficient (Wildman–Crippen LogP) is 1.32. The monoisotopic (exact) mass is 329 g/mol. The van der Waals surface area contributed by atoms with E-state index in [9.17, 15) is 9.00 Å². The minimum atomic E-state index is -1.99. The van der Waals surface area contributed by atoms with E-state index in [1.807, 2.05) is 0 Å². The van der Waals surface area contributed by atoms with E-state index in [0.717, 1.165) is 0 Å². The summed E-state index contributed by atoms with van der Waals surface area (Å²) >= 11 is 3.68. The number of halogens is 1. The summed E-state index contributed by atoms with van der Waals surface area (Å²) in [5.74, 6) is 0.478. The number of hydrogen-bond donors (Lipinski definition) is 1. The van der Waals surface area contributed by atoms with Gasteiger partial charge in [0.25, 0.3) is 5.91 Å². The predicted molar refractivity (Wildman–Crippen MR) is 77.1 cm³/mol. The number of amides is 1. The number of benzene rings is 1. The first-order valence-electron chi connectivity index (χ1n) is 5.78. The zero-order valence-corrected chi connectivity index (χ0v) is 12.6. The highest BCUT2D eigenvalue weighted by Gasteiger charge is 2.10. The number of methoxy groups -OCH3 is 1. The maximum absolute atomic E-state index is 11.6. The van der Waals surface area contributed by atoms with Crippen molar-refractivity contribution in [3.8, 4) is 11.5 Å². The minimum absolute atomic E-state index is 0.107. The maximum Gasteiger partial charge on any atom is 0.318 e. The SMILES string of the molecule is COc1ccc(OS(=O)NC(=O)Cn2cc(Cl)cn2)cc1. The van der Waals surface area contributed by atoms with Crippen LogP contribution in [0.5, 0.6) is 11.5 Å². The third-order valence-electron chi connectivity index (χ3n) is 2.34. The molecular weight excluding hydrogens is 318 g/mol. The summed E-state index contributed by atoms with van der Waals surface area (Å²) in [7, 11) is 1.54. The van der Waals surface area contributed by atoms with Crippen LogP contribution in [0.3, 0.4) is 0 Å². The van der Waals surface area contributed by atoms with Gasteiger partial charge in [0.2, 0.25) is 0 Å². The Kier molecular flexibility index (Phi) is 5.18. The van der Waals surface area contributed by atoms with E-state index >= 15 is 0 Å². The molecule has 0 spiro atoms. The molecule has 1 aromatic heterocycles. The summed E-state index contributed by atoms with van der Waals surface area (Å²) < 4.78 is 25.2. The lowest BCUT2D eigenvalue weighted by molar-refractivity contribution is -0.120. The Bertz CT molecular complexity index is 644. The van der Waals surface area contributed by atoms with Crippen LogP contribution in [-0.4, -0.2) is 27.0 Å². The van der Waals surface area contributed by atoms with Crippen molar-refractivity contribution in [2.75, 3.05) is 7.11 Å². The standard InChI is InChI=1S/C12H12ClN3O4S/c1-19-10-2-4-11(5-3-10)20-21(18)15-12(17)8-16-7-9(13)6-14-16/h2-7H,8H2,1H3,(H,15,17). The molecule has 1 aromatic carbocycles. The fourth-order valence-electron chi connectivity index (χ4n) is 1.44. The normalized spacial score (nSPS) is 11.7. The van der Waals surface area contributed by atoms with Crippen LogP contribution >= 0.6 is 11.6 Å². The average Bonchev–Trinajstić information content (AvgIpc) is 2.84. The number of nitrogens with one attached hydrogen (secondary N) is 1. The van der Waals surface area contributed by atoms with Crippen LogP contribution in [-0.2, 0) is 22.6 Å². The highest BCUT2D eigenvalue weighted by Crippen LogP contribution is 2.17. The molecule has 21 heavy (non-hydrogen) atoms. The molecule has 0 fully saturated rings. The van der Waals surface area contributed by atoms with Gasteiger partial charge in [-0.25, -0.2) is 4.72 Å². The van der Waals surface area contributed by atoms with Crippen LogP contribution in [0.2, 0.25) is 5.02 Å². The van der Waals surface area contributed by atoms with Crippen LogP contribution in [0.25, 0.3) is 0 Å². The van der Waals surface area contributed by atoms with Gasteiger partial charge in [-0.15, -0.1) is 0 Å². The lowest BCUT2D eigenvalue weighted by atomic mass is 10.3. The third kappa shape index (κ3) is 4.76. The van der Waals surface area contributed by atoms with Crippen molar-refractivity contribution in [3.05, 3.63) is 41.7 Å². The van der Waals surface area contributed by atoms with Gasteiger partial charge in [-0.2, -0.15) is 9.31 Å². The van der Waals surface area contributed by atoms with E-state index in [-0.39, 0.29) is 6.54 Å². The van der Waals surface area contributed by atoms with Crippen molar-refractivity contribution in [2.45, 2.75) is 6.54 Å². The van der Waals surface area contributed by atoms with Crippen molar-refractivity contribution in [2.24, 2.45) is 0 Å². The lowest BCUT2D eigenvalue weighted by Crippen LogP contribution is -2.31. The van der Waals surface area contributed by atoms with Crippen molar-refractivity contribution >= 4 is 28.8 Å². The Morgan fingerprint density at radius 1 is 1.38 bits per heavy atom. The van der Waals surface area contributed by atoms with E-state index < -0.39 is 17.2 Å². The van der Waals surface area contributed by atoms with Crippen LogP contribution in [0.4, 0.5) is 0 Å². The molecule has 1 heterocycles. The molecule has 0 aliphatic carbocycles. The van der Waals surface area contributed by atoms with Gasteiger partial charge < -0.3 is 8.92 Å². The fourth-order valence-corrected chi connectivity index (χ4v) is 2.17. The van der Waals surface area contributed by atoms with E-state index in [1.165, 1.54) is 24.2 Å². The molecule has 2 rings (SSSR count). The molecule has 0 saturated carbocycles. The first-order chi connectivity index (χ1) is 10.1. The van der Waals surface area contributed by atoms with E-state index in [0.29, 0.717) is 16.5 Å². The van der Waals surface area contributed by atoms with Crippen LogP contribution < -0.4 is 13.6 Å². The molecule has 0 aliphatic heterocycles. The van der Waals surface area contributed by atoms with Gasteiger partial charge in [-0.05, 0) is 24.3 Å². The quantitative estimate of drug-likeness (QED) is 0.864. The smallest absolute Gasteiger partial charge is 0.318 e. The number of nitrogens with zero attached hydrogens (tertiary/aromatic N) is 2. The van der Waals surface area contributed by atoms with E-state index in [1.54, 1.807) is 24.3 Å². The van der Waals surface area contributed by atoms with Crippen molar-refractivity contribution in [1.29, 1.82) is 0 Å². The van der Waals surface area contributed by atoms with Crippen molar-refractivity contribution in [3.63, 3.8) is 0 Å². The molecule has 7 nitrogen and oxygen atoms in total. The first-order valence-corrected chi connectivity index (χ1v) is 7.23. The summed E-state index contributed by atoms with van der Waals surface area (Å²) in [5.41, 5.74) is 0. The fraction of sp³-hybridized carbons (Fsp3) is 0.167. The number of ether oxygens (including phenoxy) is 1. The van der Waals surface area contributed by atoms with Crippen molar-refractivity contribution < 1.29 is 17.9 Å². The summed E-state index contributed by atoms with van der Waals surface area (Å²) in [5, 5.41) is 4.25. The molecular formula is C12H12ClN3O4S. The molecule has 0 aliphatic rings. The number of rotatable bonds is 6. The van der Waals surface area contributed by atoms with Crippen LogP contribution in [0.15, 0.2) is 36.7 Å². The highest BCUT2D eigenvalue weighted by molar-refractivity contribution is 7.79. The summed E-state index contributed by atoms with van der Waals surface area (Å²) in [6, 6.07) is 6.46. The highest BCUT2D eigenvalue weighted by atomic mass is 35.5. The molecule has 1 unspecified atom stereocenters. The van der Waals surface area contributed by atoms with Gasteiger partial charge in [0.1, 0.15) is 18.0 Å². The molecule has 0 saturated heterocycles. The van der Waals surface area contributed by atoms with Crippen LogP contribution in [0, 0.1) is 0 Å². The third-order valence-corrected chi connectivity index (χ3v) is 3.27. The molecule has 112 valence electrons. The zero-order valence-electron chi connectivity index (χ0n) is 11.0. The molecule has 0 bridgehead atoms. The van der Waals surface area contributed by atoms with Gasteiger partial charge in [0.15, 0.2) is 0 Å².